The number of morpholine rings is 1. The third-order valence-corrected chi connectivity index (χ3v) is 4.64. The van der Waals surface area contributed by atoms with Gasteiger partial charge in [0.2, 0.25) is 5.91 Å². The second-order valence-electron chi connectivity index (χ2n) is 5.24. The number of rotatable bonds is 6. The van der Waals surface area contributed by atoms with Crippen LogP contribution in [0.1, 0.15) is 16.7 Å². The first-order valence-electron chi connectivity index (χ1n) is 7.47. The molecule has 1 fully saturated rings. The van der Waals surface area contributed by atoms with Gasteiger partial charge in [0.1, 0.15) is 5.76 Å². The Labute approximate surface area is 133 Å². The van der Waals surface area contributed by atoms with Gasteiger partial charge in [0.05, 0.1) is 31.9 Å². The molecule has 1 aliphatic heterocycles. The van der Waals surface area contributed by atoms with Gasteiger partial charge in [-0.05, 0) is 23.6 Å². The molecule has 0 saturated carbocycles. The van der Waals surface area contributed by atoms with Crippen LogP contribution in [0.4, 0.5) is 0 Å². The maximum absolute atomic E-state index is 12.1. The number of amides is 1. The van der Waals surface area contributed by atoms with Crippen LogP contribution < -0.4 is 5.32 Å². The highest BCUT2D eigenvalue weighted by Gasteiger charge is 2.25. The number of nitrogens with one attached hydrogen (secondary N) is 1. The van der Waals surface area contributed by atoms with E-state index in [2.05, 4.69) is 10.2 Å². The summed E-state index contributed by atoms with van der Waals surface area (Å²) in [6.07, 6.45) is 2.11. The third kappa shape index (κ3) is 3.97. The van der Waals surface area contributed by atoms with E-state index in [4.69, 9.17) is 9.15 Å². The minimum atomic E-state index is 0.0484. The van der Waals surface area contributed by atoms with Gasteiger partial charge in [-0.15, -0.1) is 11.3 Å². The third-order valence-electron chi connectivity index (χ3n) is 3.77. The first kappa shape index (κ1) is 15.3. The fourth-order valence-corrected chi connectivity index (χ4v) is 3.33. The predicted octanol–water partition coefficient (Wildman–Crippen LogP) is 2.07. The zero-order valence-electron chi connectivity index (χ0n) is 12.4. The molecule has 3 rings (SSSR count). The summed E-state index contributed by atoms with van der Waals surface area (Å²) in [5, 5.41) is 5.02. The summed E-state index contributed by atoms with van der Waals surface area (Å²) in [5.74, 6) is 0.936. The Bertz CT molecular complexity index is 562. The molecule has 1 aliphatic rings. The van der Waals surface area contributed by atoms with Crippen LogP contribution in [0.25, 0.3) is 0 Å². The number of furan rings is 1. The van der Waals surface area contributed by atoms with Crippen LogP contribution in [0, 0.1) is 0 Å². The highest BCUT2D eigenvalue weighted by atomic mass is 32.1. The molecule has 3 heterocycles. The molecule has 22 heavy (non-hydrogen) atoms. The lowest BCUT2D eigenvalue weighted by molar-refractivity contribution is -0.120. The Morgan fingerprint density at radius 3 is 2.86 bits per heavy atom. The Hall–Kier alpha value is -1.63. The quantitative estimate of drug-likeness (QED) is 0.885. The molecule has 0 spiro atoms. The van der Waals surface area contributed by atoms with E-state index in [1.807, 2.05) is 29.6 Å². The Morgan fingerprint density at radius 1 is 1.32 bits per heavy atom. The van der Waals surface area contributed by atoms with Crippen molar-refractivity contribution in [3.63, 3.8) is 0 Å². The molecular weight excluding hydrogens is 300 g/mol. The summed E-state index contributed by atoms with van der Waals surface area (Å²) in [7, 11) is 0. The van der Waals surface area contributed by atoms with Crippen molar-refractivity contribution in [2.24, 2.45) is 0 Å². The van der Waals surface area contributed by atoms with Gasteiger partial charge in [-0.25, -0.2) is 0 Å². The highest BCUT2D eigenvalue weighted by Crippen LogP contribution is 2.21. The maximum Gasteiger partial charge on any atom is 0.225 e. The molecule has 2 aromatic heterocycles. The number of hydrogen-bond acceptors (Lipinski definition) is 5. The first-order valence-corrected chi connectivity index (χ1v) is 8.35. The second kappa shape index (κ2) is 7.58. The smallest absolute Gasteiger partial charge is 0.225 e. The van der Waals surface area contributed by atoms with E-state index in [1.165, 1.54) is 0 Å². The normalized spacial score (nSPS) is 17.3. The SMILES string of the molecule is O=C(Cc1cccs1)NC[C@@H](c1ccco1)N1CCOCC1. The molecule has 0 aromatic carbocycles. The van der Waals surface area contributed by atoms with Gasteiger partial charge in [0.15, 0.2) is 0 Å². The Kier molecular flexibility index (Phi) is 5.26. The number of carbonyl (C=O) groups is 1. The van der Waals surface area contributed by atoms with Gasteiger partial charge in [-0.3, -0.25) is 9.69 Å². The minimum Gasteiger partial charge on any atom is -0.468 e. The highest BCUT2D eigenvalue weighted by molar-refractivity contribution is 7.10. The van der Waals surface area contributed by atoms with E-state index in [1.54, 1.807) is 17.6 Å². The van der Waals surface area contributed by atoms with Crippen molar-refractivity contribution in [1.82, 2.24) is 10.2 Å². The molecule has 5 nitrogen and oxygen atoms in total. The summed E-state index contributed by atoms with van der Waals surface area (Å²) in [6.45, 7) is 3.71. The van der Waals surface area contributed by atoms with Crippen molar-refractivity contribution in [1.29, 1.82) is 0 Å². The largest absolute Gasteiger partial charge is 0.468 e. The minimum absolute atomic E-state index is 0.0484. The van der Waals surface area contributed by atoms with E-state index in [-0.39, 0.29) is 11.9 Å². The van der Waals surface area contributed by atoms with Gasteiger partial charge in [-0.2, -0.15) is 0 Å². The summed E-state index contributed by atoms with van der Waals surface area (Å²) in [5.41, 5.74) is 0. The lowest BCUT2D eigenvalue weighted by atomic mass is 10.1. The van der Waals surface area contributed by atoms with Crippen LogP contribution in [0.3, 0.4) is 0 Å². The molecule has 1 amide bonds. The Morgan fingerprint density at radius 2 is 2.18 bits per heavy atom. The molecule has 6 heteroatoms. The standard InChI is InChI=1S/C16H20N2O3S/c19-16(11-13-3-2-10-22-13)17-12-14(15-4-1-7-21-15)18-5-8-20-9-6-18/h1-4,7,10,14H,5-6,8-9,11-12H2,(H,17,19)/t14-/m0/s1. The van der Waals surface area contributed by atoms with Crippen LogP contribution in [0.5, 0.6) is 0 Å². The van der Waals surface area contributed by atoms with Crippen molar-refractivity contribution in [2.45, 2.75) is 12.5 Å². The first-order chi connectivity index (χ1) is 10.8. The number of nitrogens with zero attached hydrogens (tertiary/aromatic N) is 1. The van der Waals surface area contributed by atoms with Crippen molar-refractivity contribution in [3.8, 4) is 0 Å². The van der Waals surface area contributed by atoms with E-state index in [0.717, 1.165) is 36.9 Å². The van der Waals surface area contributed by atoms with Crippen LogP contribution >= 0.6 is 11.3 Å². The van der Waals surface area contributed by atoms with Gasteiger partial charge in [0.25, 0.3) is 0 Å². The van der Waals surface area contributed by atoms with Gasteiger partial charge < -0.3 is 14.5 Å². The lowest BCUT2D eigenvalue weighted by Crippen LogP contribution is -2.43. The van der Waals surface area contributed by atoms with Gasteiger partial charge in [0, 0.05) is 24.5 Å². The average molecular weight is 320 g/mol. The summed E-state index contributed by atoms with van der Waals surface area (Å²) < 4.78 is 11.0. The molecule has 1 atom stereocenters. The summed E-state index contributed by atoms with van der Waals surface area (Å²) >= 11 is 1.61. The van der Waals surface area contributed by atoms with Crippen LogP contribution in [0.2, 0.25) is 0 Å². The zero-order chi connectivity index (χ0) is 15.2. The van der Waals surface area contributed by atoms with Crippen molar-refractivity contribution >= 4 is 17.2 Å². The average Bonchev–Trinajstić information content (AvgIpc) is 3.22. The molecule has 1 N–H and O–H groups in total. The van der Waals surface area contributed by atoms with E-state index < -0.39 is 0 Å². The maximum atomic E-state index is 12.1. The van der Waals surface area contributed by atoms with Gasteiger partial charge >= 0.3 is 0 Å². The number of thiophene rings is 1. The summed E-state index contributed by atoms with van der Waals surface area (Å²) in [6, 6.07) is 7.86. The molecule has 0 bridgehead atoms. The van der Waals surface area contributed by atoms with Crippen molar-refractivity contribution < 1.29 is 13.9 Å². The molecule has 2 aromatic rings. The van der Waals surface area contributed by atoms with Crippen LogP contribution in [-0.4, -0.2) is 43.7 Å². The van der Waals surface area contributed by atoms with Gasteiger partial charge in [-0.1, -0.05) is 6.07 Å². The molecule has 0 unspecified atom stereocenters. The van der Waals surface area contributed by atoms with Crippen LogP contribution in [-0.2, 0) is 16.0 Å². The molecule has 1 saturated heterocycles. The topological polar surface area (TPSA) is 54.7 Å². The second-order valence-corrected chi connectivity index (χ2v) is 6.27. The number of ether oxygens (including phenoxy) is 1. The number of carbonyl (C=O) groups excluding carboxylic acids is 1. The molecule has 118 valence electrons. The zero-order valence-corrected chi connectivity index (χ0v) is 13.2. The monoisotopic (exact) mass is 320 g/mol. The van der Waals surface area contributed by atoms with Crippen LogP contribution in [0.15, 0.2) is 40.3 Å². The molecule has 0 radical (unpaired) electrons. The van der Waals surface area contributed by atoms with E-state index >= 15 is 0 Å². The summed E-state index contributed by atoms with van der Waals surface area (Å²) in [4.78, 5) is 15.5. The molecular formula is C16H20N2O3S. The lowest BCUT2D eigenvalue weighted by Gasteiger charge is -2.33. The van der Waals surface area contributed by atoms with Crippen molar-refractivity contribution in [3.05, 3.63) is 46.5 Å². The number of hydrogen-bond donors (Lipinski definition) is 1. The fraction of sp³-hybridized carbons (Fsp3) is 0.438. The molecule has 0 aliphatic carbocycles. The van der Waals surface area contributed by atoms with E-state index in [0.29, 0.717) is 13.0 Å². The van der Waals surface area contributed by atoms with Crippen molar-refractivity contribution in [2.75, 3.05) is 32.8 Å². The Balaban J connectivity index is 1.59. The fourth-order valence-electron chi connectivity index (χ4n) is 2.62. The van der Waals surface area contributed by atoms with E-state index in [9.17, 15) is 4.79 Å². The predicted molar refractivity (Wildman–Crippen MR) is 84.9 cm³/mol.